The first-order valence-corrected chi connectivity index (χ1v) is 8.88. The number of hydrogen-bond donors (Lipinski definition) is 3. The number of nitrogens with one attached hydrogen (secondary N) is 2. The maximum absolute atomic E-state index is 13.0. The van der Waals surface area contributed by atoms with E-state index in [0.29, 0.717) is 29.7 Å². The van der Waals surface area contributed by atoms with E-state index >= 15 is 0 Å². The molecule has 1 aliphatic heterocycles. The summed E-state index contributed by atoms with van der Waals surface area (Å²) in [6.07, 6.45) is 3.62. The zero-order valence-electron chi connectivity index (χ0n) is 15.2. The molecule has 0 unspecified atom stereocenters. The summed E-state index contributed by atoms with van der Waals surface area (Å²) in [5.41, 5.74) is 2.73. The van der Waals surface area contributed by atoms with E-state index < -0.39 is 5.97 Å². The Kier molecular flexibility index (Phi) is 4.31. The van der Waals surface area contributed by atoms with E-state index in [-0.39, 0.29) is 22.8 Å². The van der Waals surface area contributed by atoms with Crippen LogP contribution in [0.3, 0.4) is 0 Å². The van der Waals surface area contributed by atoms with E-state index in [4.69, 9.17) is 5.11 Å². The van der Waals surface area contributed by atoms with Crippen LogP contribution in [0.15, 0.2) is 35.1 Å². The van der Waals surface area contributed by atoms with Crippen LogP contribution >= 0.6 is 0 Å². The SMILES string of the molecule is Cc1ccc(NC(=O)c2c3nc(/C=C\C(=O)O)[nH]c(=O)c3c3n2CCC3)cc1. The van der Waals surface area contributed by atoms with Gasteiger partial charge in [-0.2, -0.15) is 0 Å². The number of aliphatic carboxylic acids is 1. The van der Waals surface area contributed by atoms with Crippen LogP contribution in [0, 0.1) is 6.92 Å². The fraction of sp³-hybridized carbons (Fsp3) is 0.200. The van der Waals surface area contributed by atoms with Crippen LogP contribution in [-0.2, 0) is 17.8 Å². The molecule has 1 aromatic carbocycles. The third-order valence-electron chi connectivity index (χ3n) is 4.75. The average Bonchev–Trinajstić information content (AvgIpc) is 3.21. The Bertz CT molecular complexity index is 1190. The number of carboxylic acids is 1. The maximum Gasteiger partial charge on any atom is 0.328 e. The summed E-state index contributed by atoms with van der Waals surface area (Å²) in [4.78, 5) is 43.3. The number of benzene rings is 1. The van der Waals surface area contributed by atoms with Gasteiger partial charge >= 0.3 is 5.97 Å². The van der Waals surface area contributed by atoms with Gasteiger partial charge in [-0.1, -0.05) is 17.7 Å². The second kappa shape index (κ2) is 6.80. The summed E-state index contributed by atoms with van der Waals surface area (Å²) in [7, 11) is 0. The molecule has 0 atom stereocenters. The van der Waals surface area contributed by atoms with Gasteiger partial charge in [0.25, 0.3) is 11.5 Å². The van der Waals surface area contributed by atoms with Crippen LogP contribution in [0.5, 0.6) is 0 Å². The topological polar surface area (TPSA) is 117 Å². The number of carboxylic acid groups (broad SMARTS) is 1. The van der Waals surface area contributed by atoms with Gasteiger partial charge in [-0.3, -0.25) is 9.59 Å². The van der Waals surface area contributed by atoms with Crippen molar-refractivity contribution in [3.05, 3.63) is 63.5 Å². The third kappa shape index (κ3) is 3.09. The van der Waals surface area contributed by atoms with Crippen molar-refractivity contribution in [2.45, 2.75) is 26.3 Å². The monoisotopic (exact) mass is 378 g/mol. The second-order valence-electron chi connectivity index (χ2n) is 6.72. The quantitative estimate of drug-likeness (QED) is 0.603. The predicted octanol–water partition coefficient (Wildman–Crippen LogP) is 2.33. The highest BCUT2D eigenvalue weighted by Crippen LogP contribution is 2.29. The molecule has 3 aromatic rings. The Labute approximate surface area is 159 Å². The number of aromatic amines is 1. The van der Waals surface area contributed by atoms with E-state index in [0.717, 1.165) is 23.8 Å². The van der Waals surface area contributed by atoms with Crippen molar-refractivity contribution in [3.63, 3.8) is 0 Å². The second-order valence-corrected chi connectivity index (χ2v) is 6.72. The van der Waals surface area contributed by atoms with Crippen molar-refractivity contribution < 1.29 is 14.7 Å². The minimum absolute atomic E-state index is 0.0913. The number of aryl methyl sites for hydroxylation is 2. The van der Waals surface area contributed by atoms with Gasteiger partial charge in [-0.25, -0.2) is 9.78 Å². The molecule has 8 nitrogen and oxygen atoms in total. The molecule has 0 radical (unpaired) electrons. The summed E-state index contributed by atoms with van der Waals surface area (Å²) < 4.78 is 1.83. The number of rotatable bonds is 4. The Morgan fingerprint density at radius 3 is 2.75 bits per heavy atom. The van der Waals surface area contributed by atoms with Crippen LogP contribution in [0.25, 0.3) is 17.0 Å². The number of carbonyl (C=O) groups is 2. The van der Waals surface area contributed by atoms with E-state index in [1.807, 2.05) is 35.8 Å². The molecule has 1 aliphatic rings. The number of carbonyl (C=O) groups excluding carboxylic acids is 1. The molecular weight excluding hydrogens is 360 g/mol. The highest BCUT2D eigenvalue weighted by Gasteiger charge is 2.28. The fourth-order valence-corrected chi connectivity index (χ4v) is 3.53. The summed E-state index contributed by atoms with van der Waals surface area (Å²) in [5.74, 6) is -1.42. The predicted molar refractivity (Wildman–Crippen MR) is 104 cm³/mol. The van der Waals surface area contributed by atoms with Crippen molar-refractivity contribution >= 4 is 34.5 Å². The van der Waals surface area contributed by atoms with Crippen LogP contribution in [0.4, 0.5) is 5.69 Å². The molecule has 0 bridgehead atoms. The fourth-order valence-electron chi connectivity index (χ4n) is 3.53. The first-order valence-electron chi connectivity index (χ1n) is 8.88. The van der Waals surface area contributed by atoms with Gasteiger partial charge in [0.2, 0.25) is 0 Å². The lowest BCUT2D eigenvalue weighted by molar-refractivity contribution is -0.131. The number of hydrogen-bond acceptors (Lipinski definition) is 4. The minimum atomic E-state index is -1.15. The highest BCUT2D eigenvalue weighted by atomic mass is 16.4. The molecular formula is C20H18N4O4. The van der Waals surface area contributed by atoms with Gasteiger partial charge in [-0.15, -0.1) is 0 Å². The van der Waals surface area contributed by atoms with Crippen molar-refractivity contribution in [3.8, 4) is 0 Å². The van der Waals surface area contributed by atoms with Gasteiger partial charge in [-0.05, 0) is 38.0 Å². The Balaban J connectivity index is 1.84. The lowest BCUT2D eigenvalue weighted by atomic mass is 10.2. The molecule has 0 aliphatic carbocycles. The standard InChI is InChI=1S/C20H18N4O4/c1-11-4-6-12(7-5-11)21-20(28)18-17-16(13-3-2-10-24(13)18)19(27)23-14(22-17)8-9-15(25)26/h4-9H,2-3,10H2,1H3,(H,21,28)(H,25,26)(H,22,23,27)/b9-8-. The smallest absolute Gasteiger partial charge is 0.328 e. The lowest BCUT2D eigenvalue weighted by Gasteiger charge is -2.08. The summed E-state index contributed by atoms with van der Waals surface area (Å²) >= 11 is 0. The summed E-state index contributed by atoms with van der Waals surface area (Å²) in [6.45, 7) is 2.59. The van der Waals surface area contributed by atoms with E-state index in [9.17, 15) is 14.4 Å². The largest absolute Gasteiger partial charge is 0.478 e. The van der Waals surface area contributed by atoms with Crippen LogP contribution in [0.1, 0.15) is 34.0 Å². The van der Waals surface area contributed by atoms with Crippen LogP contribution < -0.4 is 10.9 Å². The molecule has 0 saturated carbocycles. The number of H-pyrrole nitrogens is 1. The first kappa shape index (κ1) is 17.7. The Morgan fingerprint density at radius 2 is 2.04 bits per heavy atom. The van der Waals surface area contributed by atoms with Gasteiger partial charge in [0.15, 0.2) is 0 Å². The highest BCUT2D eigenvalue weighted by molar-refractivity contribution is 6.12. The zero-order valence-corrected chi connectivity index (χ0v) is 15.2. The number of aromatic nitrogens is 3. The molecule has 3 N–H and O–H groups in total. The van der Waals surface area contributed by atoms with Crippen molar-refractivity contribution in [1.29, 1.82) is 0 Å². The molecule has 8 heteroatoms. The van der Waals surface area contributed by atoms with E-state index in [1.54, 1.807) is 0 Å². The van der Waals surface area contributed by atoms with Crippen molar-refractivity contribution in [1.82, 2.24) is 14.5 Å². The maximum atomic E-state index is 13.0. The van der Waals surface area contributed by atoms with Gasteiger partial charge in [0, 0.05) is 24.0 Å². The Hall–Kier alpha value is -3.68. The van der Waals surface area contributed by atoms with Gasteiger partial charge in [0.1, 0.15) is 17.0 Å². The first-order chi connectivity index (χ1) is 13.4. The number of fused-ring (bicyclic) bond motifs is 3. The number of anilines is 1. The van der Waals surface area contributed by atoms with E-state index in [2.05, 4.69) is 15.3 Å². The lowest BCUT2D eigenvalue weighted by Crippen LogP contribution is -2.17. The average molecular weight is 378 g/mol. The molecule has 142 valence electrons. The molecule has 2 aromatic heterocycles. The normalized spacial score (nSPS) is 13.2. The Morgan fingerprint density at radius 1 is 1.29 bits per heavy atom. The molecule has 1 amide bonds. The van der Waals surface area contributed by atoms with Crippen LogP contribution in [0.2, 0.25) is 0 Å². The number of nitrogens with zero attached hydrogens (tertiary/aromatic N) is 2. The molecule has 0 spiro atoms. The minimum Gasteiger partial charge on any atom is -0.478 e. The van der Waals surface area contributed by atoms with E-state index in [1.165, 1.54) is 6.08 Å². The number of amides is 1. The summed E-state index contributed by atoms with van der Waals surface area (Å²) in [6, 6.07) is 7.41. The molecule has 0 fully saturated rings. The van der Waals surface area contributed by atoms with Gasteiger partial charge < -0.3 is 20.0 Å². The molecule has 28 heavy (non-hydrogen) atoms. The molecule has 4 rings (SSSR count). The van der Waals surface area contributed by atoms with Gasteiger partial charge in [0.05, 0.1) is 5.39 Å². The zero-order chi connectivity index (χ0) is 19.8. The third-order valence-corrected chi connectivity index (χ3v) is 4.75. The van der Waals surface area contributed by atoms with Crippen molar-refractivity contribution in [2.24, 2.45) is 0 Å². The molecule has 0 saturated heterocycles. The molecule has 3 heterocycles. The van der Waals surface area contributed by atoms with Crippen molar-refractivity contribution in [2.75, 3.05) is 5.32 Å². The van der Waals surface area contributed by atoms with Crippen LogP contribution in [-0.4, -0.2) is 31.5 Å². The summed E-state index contributed by atoms with van der Waals surface area (Å²) in [5, 5.41) is 12.1.